The summed E-state index contributed by atoms with van der Waals surface area (Å²) in [7, 11) is 2.25. The summed E-state index contributed by atoms with van der Waals surface area (Å²) in [5, 5.41) is 3.83. The maximum Gasteiger partial charge on any atom is 0.0658 e. The van der Waals surface area contributed by atoms with Crippen LogP contribution in [0.2, 0.25) is 0 Å². The van der Waals surface area contributed by atoms with E-state index >= 15 is 0 Å². The molecule has 1 saturated carbocycles. The number of piperidine rings is 1. The van der Waals surface area contributed by atoms with E-state index in [1.54, 1.807) is 0 Å². The molecule has 2 rings (SSSR count). The van der Waals surface area contributed by atoms with E-state index in [1.165, 1.54) is 45.3 Å². The van der Waals surface area contributed by atoms with Crippen molar-refractivity contribution >= 4 is 0 Å². The molecule has 0 aromatic rings. The van der Waals surface area contributed by atoms with Gasteiger partial charge in [0.2, 0.25) is 0 Å². The number of nitrogens with one attached hydrogen (secondary N) is 1. The summed E-state index contributed by atoms with van der Waals surface area (Å²) < 4.78 is 5.88. The normalized spacial score (nSPS) is 40.1. The van der Waals surface area contributed by atoms with Gasteiger partial charge in [0.25, 0.3) is 0 Å². The number of likely N-dealkylation sites (tertiary alicyclic amines) is 1. The Labute approximate surface area is 119 Å². The Morgan fingerprint density at radius 2 is 2.16 bits per heavy atom. The van der Waals surface area contributed by atoms with E-state index in [0.29, 0.717) is 17.6 Å². The Balaban J connectivity index is 1.77. The Morgan fingerprint density at radius 1 is 1.37 bits per heavy atom. The van der Waals surface area contributed by atoms with Gasteiger partial charge in [-0.15, -0.1) is 0 Å². The lowest BCUT2D eigenvalue weighted by Crippen LogP contribution is -2.63. The molecule has 0 aromatic heterocycles. The monoisotopic (exact) mass is 268 g/mol. The largest absolute Gasteiger partial charge is 0.378 e. The minimum absolute atomic E-state index is 0.344. The molecule has 3 nitrogen and oxygen atoms in total. The summed E-state index contributed by atoms with van der Waals surface area (Å²) in [6.45, 7) is 11.4. The zero-order valence-corrected chi connectivity index (χ0v) is 13.2. The van der Waals surface area contributed by atoms with Gasteiger partial charge < -0.3 is 15.0 Å². The first-order chi connectivity index (χ1) is 9.10. The molecule has 112 valence electrons. The second kappa shape index (κ2) is 6.55. The molecule has 2 aliphatic rings. The maximum absolute atomic E-state index is 5.88. The molecule has 0 radical (unpaired) electrons. The molecule has 4 atom stereocenters. The van der Waals surface area contributed by atoms with E-state index in [2.05, 4.69) is 38.0 Å². The third kappa shape index (κ3) is 3.32. The fourth-order valence-electron chi connectivity index (χ4n) is 3.82. The first kappa shape index (κ1) is 15.3. The van der Waals surface area contributed by atoms with Crippen LogP contribution < -0.4 is 5.32 Å². The quantitative estimate of drug-likeness (QED) is 0.801. The van der Waals surface area contributed by atoms with Gasteiger partial charge in [-0.05, 0) is 58.7 Å². The molecule has 0 spiro atoms. The van der Waals surface area contributed by atoms with Gasteiger partial charge in [0.05, 0.1) is 6.10 Å². The van der Waals surface area contributed by atoms with Gasteiger partial charge in [-0.1, -0.05) is 13.8 Å². The van der Waals surface area contributed by atoms with Crippen molar-refractivity contribution in [3.05, 3.63) is 0 Å². The summed E-state index contributed by atoms with van der Waals surface area (Å²) >= 11 is 0. The predicted octanol–water partition coefficient (Wildman–Crippen LogP) is 2.51. The molecule has 1 N–H and O–H groups in total. The lowest BCUT2D eigenvalue weighted by molar-refractivity contribution is -0.126. The van der Waals surface area contributed by atoms with Gasteiger partial charge in [0, 0.05) is 24.6 Å². The van der Waals surface area contributed by atoms with Crippen molar-refractivity contribution < 1.29 is 4.74 Å². The van der Waals surface area contributed by atoms with E-state index in [-0.39, 0.29) is 0 Å². The minimum Gasteiger partial charge on any atom is -0.378 e. The fraction of sp³-hybridized carbons (Fsp3) is 1.00. The topological polar surface area (TPSA) is 24.5 Å². The van der Waals surface area contributed by atoms with Crippen molar-refractivity contribution in [1.29, 1.82) is 0 Å². The van der Waals surface area contributed by atoms with Crippen molar-refractivity contribution in [1.82, 2.24) is 10.2 Å². The van der Waals surface area contributed by atoms with Gasteiger partial charge in [0.1, 0.15) is 0 Å². The number of hydrogen-bond donors (Lipinski definition) is 1. The van der Waals surface area contributed by atoms with E-state index in [0.717, 1.165) is 12.5 Å². The first-order valence-corrected chi connectivity index (χ1v) is 8.13. The first-order valence-electron chi connectivity index (χ1n) is 8.13. The highest BCUT2D eigenvalue weighted by Crippen LogP contribution is 2.45. The van der Waals surface area contributed by atoms with Crippen LogP contribution in [-0.2, 0) is 4.74 Å². The van der Waals surface area contributed by atoms with Crippen LogP contribution in [0.1, 0.15) is 46.5 Å². The summed E-state index contributed by atoms with van der Waals surface area (Å²) in [5.74, 6) is 0.839. The second-order valence-electron chi connectivity index (χ2n) is 6.77. The summed E-state index contributed by atoms with van der Waals surface area (Å²) in [6, 6.07) is 0.654. The van der Waals surface area contributed by atoms with E-state index in [9.17, 15) is 0 Å². The van der Waals surface area contributed by atoms with Crippen LogP contribution in [0.15, 0.2) is 0 Å². The molecule has 0 bridgehead atoms. The number of nitrogens with zero attached hydrogens (tertiary/aromatic N) is 1. The molecular formula is C16H32N2O. The zero-order valence-electron chi connectivity index (χ0n) is 13.2. The maximum atomic E-state index is 5.88. The number of ether oxygens (including phenoxy) is 1. The van der Waals surface area contributed by atoms with Crippen LogP contribution in [0.3, 0.4) is 0 Å². The van der Waals surface area contributed by atoms with Crippen molar-refractivity contribution in [2.75, 3.05) is 33.3 Å². The van der Waals surface area contributed by atoms with Gasteiger partial charge in [0.15, 0.2) is 0 Å². The SMILES string of the molecule is CCOC1CC(NCC2CCCN(C)C2)C1(C)CC. The average molecular weight is 268 g/mol. The van der Waals surface area contributed by atoms with Gasteiger partial charge in [-0.25, -0.2) is 0 Å². The van der Waals surface area contributed by atoms with Crippen LogP contribution in [-0.4, -0.2) is 50.3 Å². The Kier molecular flexibility index (Phi) is 5.27. The number of hydrogen-bond acceptors (Lipinski definition) is 3. The Bertz CT molecular complexity index is 284. The molecule has 4 unspecified atom stereocenters. The van der Waals surface area contributed by atoms with E-state index in [4.69, 9.17) is 4.74 Å². The van der Waals surface area contributed by atoms with Crippen molar-refractivity contribution in [3.63, 3.8) is 0 Å². The van der Waals surface area contributed by atoms with Crippen LogP contribution in [0.25, 0.3) is 0 Å². The molecule has 1 heterocycles. The van der Waals surface area contributed by atoms with Gasteiger partial charge in [-0.3, -0.25) is 0 Å². The minimum atomic E-state index is 0.344. The smallest absolute Gasteiger partial charge is 0.0658 e. The van der Waals surface area contributed by atoms with Crippen molar-refractivity contribution in [3.8, 4) is 0 Å². The Hall–Kier alpha value is -0.120. The molecule has 1 saturated heterocycles. The van der Waals surface area contributed by atoms with Crippen molar-refractivity contribution in [2.45, 2.75) is 58.6 Å². The highest BCUT2D eigenvalue weighted by molar-refractivity contribution is 5.04. The van der Waals surface area contributed by atoms with Crippen molar-refractivity contribution in [2.24, 2.45) is 11.3 Å². The third-order valence-corrected chi connectivity index (χ3v) is 5.49. The molecule has 2 fully saturated rings. The molecule has 19 heavy (non-hydrogen) atoms. The van der Waals surface area contributed by atoms with Crippen LogP contribution in [0.4, 0.5) is 0 Å². The number of rotatable bonds is 6. The summed E-state index contributed by atoms with van der Waals surface area (Å²) in [6.07, 6.45) is 5.62. The van der Waals surface area contributed by atoms with Crippen LogP contribution in [0.5, 0.6) is 0 Å². The standard InChI is InChI=1S/C16H32N2O/c1-5-16(3)14(10-15(16)19-6-2)17-11-13-8-7-9-18(4)12-13/h13-15,17H,5-12H2,1-4H3. The van der Waals surface area contributed by atoms with Gasteiger partial charge >= 0.3 is 0 Å². The van der Waals surface area contributed by atoms with E-state index in [1.807, 2.05) is 0 Å². The summed E-state index contributed by atoms with van der Waals surface area (Å²) in [5.41, 5.74) is 0.344. The molecule has 0 aromatic carbocycles. The third-order valence-electron chi connectivity index (χ3n) is 5.49. The molecule has 0 amide bonds. The van der Waals surface area contributed by atoms with Crippen LogP contribution >= 0.6 is 0 Å². The Morgan fingerprint density at radius 3 is 2.79 bits per heavy atom. The molecule has 1 aliphatic carbocycles. The predicted molar refractivity (Wildman–Crippen MR) is 80.4 cm³/mol. The molecular weight excluding hydrogens is 236 g/mol. The highest BCUT2D eigenvalue weighted by Gasteiger charge is 2.50. The molecule has 1 aliphatic heterocycles. The fourth-order valence-corrected chi connectivity index (χ4v) is 3.82. The van der Waals surface area contributed by atoms with Gasteiger partial charge in [-0.2, -0.15) is 0 Å². The second-order valence-corrected chi connectivity index (χ2v) is 6.77. The van der Waals surface area contributed by atoms with E-state index < -0.39 is 0 Å². The lowest BCUT2D eigenvalue weighted by Gasteiger charge is -2.54. The average Bonchev–Trinajstić information content (AvgIpc) is 2.41. The molecule has 3 heteroatoms. The lowest BCUT2D eigenvalue weighted by atomic mass is 9.61. The highest BCUT2D eigenvalue weighted by atomic mass is 16.5. The zero-order chi connectivity index (χ0) is 13.9. The van der Waals surface area contributed by atoms with Crippen LogP contribution in [0, 0.1) is 11.3 Å². The summed E-state index contributed by atoms with van der Waals surface area (Å²) in [4.78, 5) is 2.47.